The fraction of sp³-hybridized carbons (Fsp3) is 0.500. The van der Waals surface area contributed by atoms with Gasteiger partial charge < -0.3 is 19.5 Å². The van der Waals surface area contributed by atoms with Crippen molar-refractivity contribution in [1.29, 1.82) is 0 Å². The van der Waals surface area contributed by atoms with Crippen LogP contribution in [0.4, 0.5) is 4.79 Å². The number of hydrazine groups is 1. The molecular weight excluding hydrogens is 394 g/mol. The molecule has 1 heterocycles. The van der Waals surface area contributed by atoms with E-state index in [1.54, 1.807) is 6.07 Å². The molecule has 1 aromatic carbocycles. The van der Waals surface area contributed by atoms with Crippen molar-refractivity contribution in [1.82, 2.24) is 15.8 Å². The standard InChI is InChI=1S/C20H25N3O7/c1-12-4-6-20(7-5-12)18(26)23(19(27)21-20)22-16(24)11-30-17(25)13-8-14(28-2)10-15(9-13)29-3/h8-10,12H,4-7,11H2,1-3H3,(H,21,27)(H,22,24). The number of imide groups is 1. The molecule has 0 aromatic heterocycles. The van der Waals surface area contributed by atoms with Gasteiger partial charge in [0.1, 0.15) is 17.0 Å². The molecule has 2 N–H and O–H groups in total. The normalized spacial score (nSPS) is 23.2. The molecule has 0 unspecified atom stereocenters. The number of methoxy groups -OCH3 is 2. The molecule has 162 valence electrons. The Kier molecular flexibility index (Phi) is 6.14. The fourth-order valence-corrected chi connectivity index (χ4v) is 3.61. The number of benzene rings is 1. The minimum atomic E-state index is -0.968. The monoisotopic (exact) mass is 419 g/mol. The number of nitrogens with one attached hydrogen (secondary N) is 2. The zero-order valence-corrected chi connectivity index (χ0v) is 17.1. The Balaban J connectivity index is 1.58. The SMILES string of the molecule is COc1cc(OC)cc(C(=O)OCC(=O)NN2C(=O)NC3(CCC(C)CC3)C2=O)c1. The zero-order chi connectivity index (χ0) is 21.9. The molecule has 0 atom stereocenters. The maximum atomic E-state index is 12.7. The number of carbonyl (C=O) groups excluding carboxylic acids is 4. The van der Waals surface area contributed by atoms with Crippen molar-refractivity contribution in [3.05, 3.63) is 23.8 Å². The first-order valence-corrected chi connectivity index (χ1v) is 9.64. The summed E-state index contributed by atoms with van der Waals surface area (Å²) < 4.78 is 15.2. The van der Waals surface area contributed by atoms with Crippen LogP contribution >= 0.6 is 0 Å². The lowest BCUT2D eigenvalue weighted by molar-refractivity contribution is -0.141. The molecule has 0 radical (unpaired) electrons. The van der Waals surface area contributed by atoms with E-state index >= 15 is 0 Å². The summed E-state index contributed by atoms with van der Waals surface area (Å²) in [6, 6.07) is 3.78. The van der Waals surface area contributed by atoms with Crippen LogP contribution in [0.2, 0.25) is 0 Å². The number of urea groups is 1. The second-order valence-corrected chi connectivity index (χ2v) is 7.55. The van der Waals surface area contributed by atoms with Crippen molar-refractivity contribution < 1.29 is 33.4 Å². The highest BCUT2D eigenvalue weighted by molar-refractivity contribution is 6.08. The second-order valence-electron chi connectivity index (χ2n) is 7.55. The molecule has 1 aliphatic heterocycles. The zero-order valence-electron chi connectivity index (χ0n) is 17.1. The van der Waals surface area contributed by atoms with Gasteiger partial charge in [-0.05, 0) is 43.7 Å². The molecule has 1 aromatic rings. The number of hydrogen-bond acceptors (Lipinski definition) is 7. The summed E-state index contributed by atoms with van der Waals surface area (Å²) in [6.45, 7) is 1.43. The lowest BCUT2D eigenvalue weighted by Crippen LogP contribution is -2.52. The van der Waals surface area contributed by atoms with E-state index in [0.717, 1.165) is 12.8 Å². The van der Waals surface area contributed by atoms with Gasteiger partial charge >= 0.3 is 12.0 Å². The molecule has 1 saturated heterocycles. The minimum absolute atomic E-state index is 0.129. The van der Waals surface area contributed by atoms with Crippen LogP contribution in [0.1, 0.15) is 43.0 Å². The van der Waals surface area contributed by atoms with E-state index in [-0.39, 0.29) is 5.56 Å². The topological polar surface area (TPSA) is 123 Å². The van der Waals surface area contributed by atoms with Crippen LogP contribution in [0, 0.1) is 5.92 Å². The van der Waals surface area contributed by atoms with Gasteiger partial charge in [-0.3, -0.25) is 15.0 Å². The van der Waals surface area contributed by atoms with E-state index in [2.05, 4.69) is 17.7 Å². The highest BCUT2D eigenvalue weighted by Gasteiger charge is 2.52. The first-order chi connectivity index (χ1) is 14.3. The van der Waals surface area contributed by atoms with Gasteiger partial charge in [-0.1, -0.05) is 6.92 Å². The lowest BCUT2D eigenvalue weighted by Gasteiger charge is -2.33. The molecule has 4 amide bonds. The molecule has 1 saturated carbocycles. The number of amides is 4. The molecule has 2 fully saturated rings. The molecule has 1 aliphatic carbocycles. The Hall–Kier alpha value is -3.30. The largest absolute Gasteiger partial charge is 0.497 e. The molecule has 2 aliphatic rings. The van der Waals surface area contributed by atoms with Crippen molar-refractivity contribution in [3.8, 4) is 11.5 Å². The van der Waals surface area contributed by atoms with Gasteiger partial charge in [0.2, 0.25) is 0 Å². The average Bonchev–Trinajstić information content (AvgIpc) is 2.97. The molecule has 3 rings (SSSR count). The second kappa shape index (κ2) is 8.60. The van der Waals surface area contributed by atoms with Crippen LogP contribution in [0.5, 0.6) is 11.5 Å². The van der Waals surface area contributed by atoms with Gasteiger partial charge in [0, 0.05) is 6.07 Å². The number of rotatable bonds is 6. The lowest BCUT2D eigenvalue weighted by atomic mass is 9.77. The summed E-state index contributed by atoms with van der Waals surface area (Å²) in [4.78, 5) is 49.4. The Bertz CT molecular complexity index is 840. The van der Waals surface area contributed by atoms with Crippen molar-refractivity contribution in [3.63, 3.8) is 0 Å². The molecule has 10 heteroatoms. The maximum absolute atomic E-state index is 12.7. The first kappa shape index (κ1) is 21.4. The maximum Gasteiger partial charge on any atom is 0.344 e. The minimum Gasteiger partial charge on any atom is -0.497 e. The van der Waals surface area contributed by atoms with E-state index in [1.165, 1.54) is 26.4 Å². The van der Waals surface area contributed by atoms with Gasteiger partial charge in [-0.2, -0.15) is 5.01 Å². The first-order valence-electron chi connectivity index (χ1n) is 9.64. The van der Waals surface area contributed by atoms with E-state index in [9.17, 15) is 19.2 Å². The van der Waals surface area contributed by atoms with Gasteiger partial charge in [0.15, 0.2) is 6.61 Å². The van der Waals surface area contributed by atoms with E-state index in [1.807, 2.05) is 0 Å². The van der Waals surface area contributed by atoms with Crippen molar-refractivity contribution in [2.45, 2.75) is 38.1 Å². The third-order valence-corrected chi connectivity index (χ3v) is 5.45. The Morgan fingerprint density at radius 1 is 1.13 bits per heavy atom. The van der Waals surface area contributed by atoms with Crippen LogP contribution < -0.4 is 20.2 Å². The van der Waals surface area contributed by atoms with Crippen molar-refractivity contribution in [2.24, 2.45) is 5.92 Å². The van der Waals surface area contributed by atoms with Gasteiger partial charge in [-0.25, -0.2) is 9.59 Å². The molecule has 30 heavy (non-hydrogen) atoms. The van der Waals surface area contributed by atoms with Crippen LogP contribution in [0.15, 0.2) is 18.2 Å². The van der Waals surface area contributed by atoms with Gasteiger partial charge in [0.25, 0.3) is 11.8 Å². The quantitative estimate of drug-likeness (QED) is 0.528. The summed E-state index contributed by atoms with van der Waals surface area (Å²) in [5, 5.41) is 3.37. The number of carbonyl (C=O) groups is 4. The van der Waals surface area contributed by atoms with Gasteiger partial charge in [-0.15, -0.1) is 0 Å². The average molecular weight is 419 g/mol. The van der Waals surface area contributed by atoms with Gasteiger partial charge in [0.05, 0.1) is 19.8 Å². The van der Waals surface area contributed by atoms with E-state index in [0.29, 0.717) is 35.3 Å². The van der Waals surface area contributed by atoms with Crippen molar-refractivity contribution in [2.75, 3.05) is 20.8 Å². The number of esters is 1. The molecule has 10 nitrogen and oxygen atoms in total. The highest BCUT2D eigenvalue weighted by Crippen LogP contribution is 2.35. The Labute approximate surface area is 173 Å². The summed E-state index contributed by atoms with van der Waals surface area (Å²) in [7, 11) is 2.88. The fourth-order valence-electron chi connectivity index (χ4n) is 3.61. The number of hydrogen-bond donors (Lipinski definition) is 2. The van der Waals surface area contributed by atoms with E-state index in [4.69, 9.17) is 14.2 Å². The summed E-state index contributed by atoms with van der Waals surface area (Å²) in [6.07, 6.45) is 2.68. The van der Waals surface area contributed by atoms with Crippen LogP contribution in [-0.2, 0) is 14.3 Å². The van der Waals surface area contributed by atoms with Crippen LogP contribution in [0.25, 0.3) is 0 Å². The van der Waals surface area contributed by atoms with Crippen LogP contribution in [0.3, 0.4) is 0 Å². The number of nitrogens with zero attached hydrogens (tertiary/aromatic N) is 1. The Morgan fingerprint density at radius 3 is 2.30 bits per heavy atom. The predicted octanol–water partition coefficient (Wildman–Crippen LogP) is 1.39. The predicted molar refractivity (Wildman–Crippen MR) is 104 cm³/mol. The molecule has 0 bridgehead atoms. The highest BCUT2D eigenvalue weighted by atomic mass is 16.5. The van der Waals surface area contributed by atoms with Crippen LogP contribution in [-0.4, -0.2) is 55.2 Å². The third kappa shape index (κ3) is 4.32. The van der Waals surface area contributed by atoms with Crippen molar-refractivity contribution >= 4 is 23.8 Å². The summed E-state index contributed by atoms with van der Waals surface area (Å²) >= 11 is 0. The van der Waals surface area contributed by atoms with E-state index < -0.39 is 36.0 Å². The number of ether oxygens (including phenoxy) is 3. The Morgan fingerprint density at radius 2 is 1.73 bits per heavy atom. The molecule has 1 spiro atoms. The molecular formula is C20H25N3O7. The summed E-state index contributed by atoms with van der Waals surface area (Å²) in [5.74, 6) is -0.815. The smallest absolute Gasteiger partial charge is 0.344 e. The summed E-state index contributed by atoms with van der Waals surface area (Å²) in [5.41, 5.74) is 1.38. The third-order valence-electron chi connectivity index (χ3n) is 5.45.